The van der Waals surface area contributed by atoms with Crippen molar-refractivity contribution in [2.75, 3.05) is 26.0 Å². The highest BCUT2D eigenvalue weighted by Gasteiger charge is 2.21. The second-order valence-electron chi connectivity index (χ2n) is 7.32. The van der Waals surface area contributed by atoms with Gasteiger partial charge in [-0.3, -0.25) is 9.59 Å². The molecule has 1 aliphatic rings. The van der Waals surface area contributed by atoms with Crippen LogP contribution in [0.4, 0.5) is 5.69 Å². The Bertz CT molecular complexity index is 874. The van der Waals surface area contributed by atoms with Gasteiger partial charge in [0, 0.05) is 30.3 Å². The number of likely N-dealkylation sites (N-methyl/N-ethyl adjacent to an activating group) is 1. The van der Waals surface area contributed by atoms with E-state index in [4.69, 9.17) is 4.74 Å². The molecule has 0 bridgehead atoms. The smallest absolute Gasteiger partial charge is 0.259 e. The van der Waals surface area contributed by atoms with Crippen molar-refractivity contribution in [1.82, 2.24) is 4.90 Å². The molecule has 5 heteroatoms. The Labute approximate surface area is 160 Å². The van der Waals surface area contributed by atoms with Gasteiger partial charge in [-0.15, -0.1) is 0 Å². The summed E-state index contributed by atoms with van der Waals surface area (Å²) in [5, 5.41) is 3.02. The van der Waals surface area contributed by atoms with E-state index in [2.05, 4.69) is 23.3 Å². The lowest BCUT2D eigenvalue weighted by Gasteiger charge is -2.26. The van der Waals surface area contributed by atoms with Gasteiger partial charge in [-0.25, -0.2) is 0 Å². The maximum atomic E-state index is 13.0. The third-order valence-electron chi connectivity index (χ3n) is 4.96. The topological polar surface area (TPSA) is 58.6 Å². The Hall–Kier alpha value is -2.66. The van der Waals surface area contributed by atoms with Gasteiger partial charge in [-0.05, 0) is 48.9 Å². The number of hydrogen-bond donors (Lipinski definition) is 1. The van der Waals surface area contributed by atoms with Gasteiger partial charge in [0.1, 0.15) is 5.75 Å². The summed E-state index contributed by atoms with van der Waals surface area (Å²) >= 11 is 0. The largest absolute Gasteiger partial charge is 0.496 e. The van der Waals surface area contributed by atoms with E-state index in [-0.39, 0.29) is 17.6 Å². The number of benzene rings is 2. The number of fused-ring (bicyclic) bond motifs is 1. The molecule has 0 aromatic heterocycles. The first-order valence-electron chi connectivity index (χ1n) is 9.23. The van der Waals surface area contributed by atoms with Crippen molar-refractivity contribution < 1.29 is 14.3 Å². The normalized spacial score (nSPS) is 14.0. The van der Waals surface area contributed by atoms with Crippen LogP contribution in [0.2, 0.25) is 0 Å². The average molecular weight is 366 g/mol. The van der Waals surface area contributed by atoms with Gasteiger partial charge in [0.15, 0.2) is 5.78 Å². The van der Waals surface area contributed by atoms with E-state index in [0.29, 0.717) is 16.9 Å². The summed E-state index contributed by atoms with van der Waals surface area (Å²) in [6, 6.07) is 11.0. The van der Waals surface area contributed by atoms with E-state index in [9.17, 15) is 9.59 Å². The van der Waals surface area contributed by atoms with Gasteiger partial charge < -0.3 is 15.0 Å². The molecule has 1 aliphatic heterocycles. The van der Waals surface area contributed by atoms with E-state index in [0.717, 1.165) is 25.2 Å². The maximum absolute atomic E-state index is 13.0. The molecule has 2 aromatic rings. The fraction of sp³-hybridized carbons (Fsp3) is 0.364. The number of Topliss-reactive ketones (excluding diaryl/α,β-unsaturated/α-hetero) is 1. The maximum Gasteiger partial charge on any atom is 0.259 e. The van der Waals surface area contributed by atoms with Crippen molar-refractivity contribution in [3.8, 4) is 5.75 Å². The minimum atomic E-state index is -0.266. The van der Waals surface area contributed by atoms with Crippen LogP contribution in [0.25, 0.3) is 0 Å². The van der Waals surface area contributed by atoms with E-state index in [1.165, 1.54) is 18.2 Å². The molecular weight excluding hydrogens is 340 g/mol. The number of ether oxygens (including phenoxy) is 1. The zero-order valence-corrected chi connectivity index (χ0v) is 16.3. The van der Waals surface area contributed by atoms with Crippen molar-refractivity contribution in [3.05, 3.63) is 58.7 Å². The molecule has 1 N–H and O–H groups in total. The number of amides is 1. The lowest BCUT2D eigenvalue weighted by Crippen LogP contribution is -2.27. The zero-order valence-electron chi connectivity index (χ0n) is 16.3. The zero-order chi connectivity index (χ0) is 19.6. The summed E-state index contributed by atoms with van der Waals surface area (Å²) in [5.41, 5.74) is 4.13. The first kappa shape index (κ1) is 19.1. The van der Waals surface area contributed by atoms with Gasteiger partial charge in [-0.1, -0.05) is 26.0 Å². The number of anilines is 1. The Balaban J connectivity index is 1.92. The molecule has 142 valence electrons. The van der Waals surface area contributed by atoms with Crippen LogP contribution in [0.5, 0.6) is 5.75 Å². The molecule has 0 fully saturated rings. The van der Waals surface area contributed by atoms with Crippen molar-refractivity contribution in [2.24, 2.45) is 5.92 Å². The van der Waals surface area contributed by atoms with Crippen LogP contribution in [0.3, 0.4) is 0 Å². The molecule has 0 spiro atoms. The number of nitrogens with zero attached hydrogens (tertiary/aromatic N) is 1. The predicted molar refractivity (Wildman–Crippen MR) is 107 cm³/mol. The number of carbonyl (C=O) groups is 2. The SMILES string of the molecule is COc1ccc(C(=O)C(C)C)cc1C(=O)Nc1cccc2c1CCN(C)C2. The Kier molecular flexibility index (Phi) is 5.61. The van der Waals surface area contributed by atoms with Gasteiger partial charge in [0.2, 0.25) is 0 Å². The van der Waals surface area contributed by atoms with Crippen LogP contribution in [-0.2, 0) is 13.0 Å². The average Bonchev–Trinajstić information content (AvgIpc) is 2.66. The minimum Gasteiger partial charge on any atom is -0.496 e. The number of rotatable bonds is 5. The first-order chi connectivity index (χ1) is 12.9. The number of nitrogens with one attached hydrogen (secondary N) is 1. The summed E-state index contributed by atoms with van der Waals surface area (Å²) in [6.07, 6.45) is 0.894. The lowest BCUT2D eigenvalue weighted by atomic mass is 9.97. The van der Waals surface area contributed by atoms with Crippen LogP contribution >= 0.6 is 0 Å². The summed E-state index contributed by atoms with van der Waals surface area (Å²) in [5.74, 6) is 0.0641. The second-order valence-corrected chi connectivity index (χ2v) is 7.32. The molecule has 1 amide bonds. The highest BCUT2D eigenvalue weighted by Crippen LogP contribution is 2.28. The van der Waals surface area contributed by atoms with Crippen LogP contribution in [-0.4, -0.2) is 37.3 Å². The third kappa shape index (κ3) is 4.03. The molecule has 0 saturated carbocycles. The molecule has 0 saturated heterocycles. The van der Waals surface area contributed by atoms with E-state index >= 15 is 0 Å². The second kappa shape index (κ2) is 7.92. The van der Waals surface area contributed by atoms with E-state index in [1.54, 1.807) is 18.2 Å². The van der Waals surface area contributed by atoms with Gasteiger partial charge >= 0.3 is 0 Å². The highest BCUT2D eigenvalue weighted by atomic mass is 16.5. The molecule has 5 nitrogen and oxygen atoms in total. The first-order valence-corrected chi connectivity index (χ1v) is 9.23. The van der Waals surface area contributed by atoms with Crippen molar-refractivity contribution in [1.29, 1.82) is 0 Å². The fourth-order valence-electron chi connectivity index (χ4n) is 3.43. The number of ketones is 1. The molecule has 0 unspecified atom stereocenters. The van der Waals surface area contributed by atoms with Crippen LogP contribution in [0.15, 0.2) is 36.4 Å². The lowest BCUT2D eigenvalue weighted by molar-refractivity contribution is 0.0939. The predicted octanol–water partition coefficient (Wildman–Crippen LogP) is 3.77. The Morgan fingerprint density at radius 2 is 1.96 bits per heavy atom. The van der Waals surface area contributed by atoms with Gasteiger partial charge in [0.25, 0.3) is 5.91 Å². The number of hydrogen-bond acceptors (Lipinski definition) is 4. The van der Waals surface area contributed by atoms with E-state index < -0.39 is 0 Å². The minimum absolute atomic E-state index is 0.00632. The molecule has 3 rings (SSSR count). The Morgan fingerprint density at radius 3 is 2.67 bits per heavy atom. The highest BCUT2D eigenvalue weighted by molar-refractivity contribution is 6.08. The number of methoxy groups -OCH3 is 1. The summed E-state index contributed by atoms with van der Waals surface area (Å²) in [7, 11) is 3.62. The van der Waals surface area contributed by atoms with Gasteiger partial charge in [-0.2, -0.15) is 0 Å². The van der Waals surface area contributed by atoms with Crippen molar-refractivity contribution in [3.63, 3.8) is 0 Å². The van der Waals surface area contributed by atoms with Crippen LogP contribution < -0.4 is 10.1 Å². The Morgan fingerprint density at radius 1 is 1.19 bits per heavy atom. The summed E-state index contributed by atoms with van der Waals surface area (Å²) in [6.45, 7) is 5.53. The van der Waals surface area contributed by atoms with Crippen molar-refractivity contribution in [2.45, 2.75) is 26.8 Å². The molecule has 0 atom stereocenters. The van der Waals surface area contributed by atoms with Crippen LogP contribution in [0.1, 0.15) is 45.7 Å². The fourth-order valence-corrected chi connectivity index (χ4v) is 3.43. The molecule has 1 heterocycles. The molecule has 0 aliphatic carbocycles. The van der Waals surface area contributed by atoms with Crippen molar-refractivity contribution >= 4 is 17.4 Å². The van der Waals surface area contributed by atoms with E-state index in [1.807, 2.05) is 26.0 Å². The third-order valence-corrected chi connectivity index (χ3v) is 4.96. The molecule has 27 heavy (non-hydrogen) atoms. The van der Waals surface area contributed by atoms with Gasteiger partial charge in [0.05, 0.1) is 12.7 Å². The summed E-state index contributed by atoms with van der Waals surface area (Å²) < 4.78 is 5.35. The summed E-state index contributed by atoms with van der Waals surface area (Å²) in [4.78, 5) is 27.6. The number of carbonyl (C=O) groups excluding carboxylic acids is 2. The molecule has 0 radical (unpaired) electrons. The molecular formula is C22H26N2O3. The monoisotopic (exact) mass is 366 g/mol. The standard InChI is InChI=1S/C22H26N2O3/c1-14(2)21(25)15-8-9-20(27-4)18(12-15)22(26)23-19-7-5-6-16-13-24(3)11-10-17(16)19/h5-9,12,14H,10-11,13H2,1-4H3,(H,23,26). The molecule has 2 aromatic carbocycles. The quantitative estimate of drug-likeness (QED) is 0.819. The van der Waals surface area contributed by atoms with Crippen LogP contribution in [0, 0.1) is 5.92 Å².